The molecule has 0 unspecified atom stereocenters. The van der Waals surface area contributed by atoms with Gasteiger partial charge in [-0.15, -0.1) is 15.0 Å². The summed E-state index contributed by atoms with van der Waals surface area (Å²) in [6.45, 7) is 6.42. The van der Waals surface area contributed by atoms with Crippen LogP contribution in [0.1, 0.15) is 30.0 Å². The van der Waals surface area contributed by atoms with E-state index in [-0.39, 0.29) is 23.5 Å². The fraction of sp³-hybridized carbons (Fsp3) is 0.286. The first-order valence-corrected chi connectivity index (χ1v) is 10.1. The first kappa shape index (κ1) is 21.2. The third-order valence-corrected chi connectivity index (χ3v) is 4.97. The van der Waals surface area contributed by atoms with Gasteiger partial charge in [-0.3, -0.25) is 4.79 Å². The number of benzene rings is 1. The second-order valence-corrected chi connectivity index (χ2v) is 7.25. The van der Waals surface area contributed by atoms with E-state index >= 15 is 0 Å². The van der Waals surface area contributed by atoms with Crippen molar-refractivity contribution in [2.45, 2.75) is 33.4 Å². The third kappa shape index (κ3) is 4.36. The van der Waals surface area contributed by atoms with Crippen LogP contribution in [0.25, 0.3) is 17.1 Å². The van der Waals surface area contributed by atoms with E-state index in [9.17, 15) is 9.18 Å². The number of likely N-dealkylation sites (N-methyl/N-ethyl adjacent to an activating group) is 1. The van der Waals surface area contributed by atoms with Gasteiger partial charge in [0.2, 0.25) is 5.82 Å². The molecule has 0 saturated carbocycles. The van der Waals surface area contributed by atoms with Gasteiger partial charge >= 0.3 is 0 Å². The van der Waals surface area contributed by atoms with Gasteiger partial charge in [0, 0.05) is 17.8 Å². The molecule has 164 valence electrons. The van der Waals surface area contributed by atoms with E-state index in [0.717, 1.165) is 5.69 Å². The van der Waals surface area contributed by atoms with Crippen molar-refractivity contribution in [1.29, 1.82) is 0 Å². The lowest BCUT2D eigenvalue weighted by Crippen LogP contribution is -2.42. The molecule has 0 spiro atoms. The van der Waals surface area contributed by atoms with Gasteiger partial charge in [-0.05, 0) is 62.4 Å². The number of nitrogens with zero attached hydrogens (tertiary/aromatic N) is 9. The summed E-state index contributed by atoms with van der Waals surface area (Å²) < 4.78 is 13.2. The Kier molecular flexibility index (Phi) is 5.97. The number of carbonyl (C=O) groups is 1. The number of tetrazole rings is 1. The van der Waals surface area contributed by atoms with Gasteiger partial charge in [-0.1, -0.05) is 0 Å². The van der Waals surface area contributed by atoms with Crippen molar-refractivity contribution in [1.82, 2.24) is 45.1 Å². The van der Waals surface area contributed by atoms with Gasteiger partial charge in [0.05, 0.1) is 25.0 Å². The minimum absolute atomic E-state index is 0.241. The summed E-state index contributed by atoms with van der Waals surface area (Å²) in [5, 5.41) is 20.8. The van der Waals surface area contributed by atoms with Crippen molar-refractivity contribution >= 4 is 5.91 Å². The smallest absolute Gasteiger partial charge is 0.275 e. The molecule has 0 aliphatic rings. The highest BCUT2D eigenvalue weighted by Crippen LogP contribution is 2.17. The summed E-state index contributed by atoms with van der Waals surface area (Å²) in [4.78, 5) is 22.4. The van der Waals surface area contributed by atoms with Crippen molar-refractivity contribution in [2.24, 2.45) is 0 Å². The van der Waals surface area contributed by atoms with Crippen molar-refractivity contribution in [3.05, 3.63) is 66.0 Å². The molecular weight excluding hydrogens is 413 g/mol. The number of rotatable bonds is 7. The van der Waals surface area contributed by atoms with Crippen LogP contribution in [-0.4, -0.2) is 63.6 Å². The average Bonchev–Trinajstić information content (AvgIpc) is 3.47. The number of aryl methyl sites for hydroxylation is 1. The molecule has 3 heterocycles. The molecule has 11 heteroatoms. The predicted octanol–water partition coefficient (Wildman–Crippen LogP) is 2.31. The molecule has 1 amide bonds. The highest BCUT2D eigenvalue weighted by molar-refractivity contribution is 5.96. The van der Waals surface area contributed by atoms with Crippen LogP contribution in [0.2, 0.25) is 0 Å². The summed E-state index contributed by atoms with van der Waals surface area (Å²) in [5.74, 6) is -0.185. The number of pyridine rings is 1. The zero-order chi connectivity index (χ0) is 22.7. The Morgan fingerprint density at radius 3 is 2.53 bits per heavy atom. The van der Waals surface area contributed by atoms with E-state index in [4.69, 9.17) is 0 Å². The molecule has 0 N–H and O–H groups in total. The van der Waals surface area contributed by atoms with Gasteiger partial charge in [-0.25, -0.2) is 9.37 Å². The maximum Gasteiger partial charge on any atom is 0.275 e. The van der Waals surface area contributed by atoms with Gasteiger partial charge in [0.1, 0.15) is 11.5 Å². The van der Waals surface area contributed by atoms with Gasteiger partial charge < -0.3 is 4.90 Å². The second-order valence-electron chi connectivity index (χ2n) is 7.25. The van der Waals surface area contributed by atoms with Crippen molar-refractivity contribution in [3.63, 3.8) is 0 Å². The zero-order valence-electron chi connectivity index (χ0n) is 17.9. The van der Waals surface area contributed by atoms with Gasteiger partial charge in [0.15, 0.2) is 5.69 Å². The SMILES string of the molecule is CCN(C(=O)c1nc(C)ccc1-n1nccn1)[C@@H](C)Cn1nnc(-c2ccc(F)cc2)n1. The van der Waals surface area contributed by atoms with Crippen LogP contribution >= 0.6 is 0 Å². The molecule has 0 radical (unpaired) electrons. The molecule has 1 atom stereocenters. The number of hydrogen-bond donors (Lipinski definition) is 0. The van der Waals surface area contributed by atoms with Gasteiger partial charge in [0.25, 0.3) is 5.91 Å². The molecule has 0 saturated heterocycles. The zero-order valence-corrected chi connectivity index (χ0v) is 17.9. The van der Waals surface area contributed by atoms with Crippen LogP contribution in [0.4, 0.5) is 4.39 Å². The Balaban J connectivity index is 1.55. The van der Waals surface area contributed by atoms with E-state index in [1.165, 1.54) is 21.7 Å². The molecule has 0 fully saturated rings. The average molecular weight is 435 g/mol. The predicted molar refractivity (Wildman–Crippen MR) is 113 cm³/mol. The molecule has 0 aliphatic heterocycles. The fourth-order valence-corrected chi connectivity index (χ4v) is 3.37. The first-order valence-electron chi connectivity index (χ1n) is 10.1. The third-order valence-electron chi connectivity index (χ3n) is 4.97. The normalized spacial score (nSPS) is 12.0. The molecule has 32 heavy (non-hydrogen) atoms. The Labute approximate surface area is 183 Å². The molecule has 3 aromatic heterocycles. The second kappa shape index (κ2) is 9.00. The van der Waals surface area contributed by atoms with Crippen LogP contribution < -0.4 is 0 Å². The topological polar surface area (TPSA) is 108 Å². The summed E-state index contributed by atoms with van der Waals surface area (Å²) in [7, 11) is 0. The van der Waals surface area contributed by atoms with Crippen molar-refractivity contribution in [2.75, 3.05) is 6.54 Å². The van der Waals surface area contributed by atoms with Crippen LogP contribution in [0.15, 0.2) is 48.8 Å². The minimum Gasteiger partial charge on any atom is -0.333 e. The summed E-state index contributed by atoms with van der Waals surface area (Å²) in [5.41, 5.74) is 2.16. The van der Waals surface area contributed by atoms with Crippen molar-refractivity contribution in [3.8, 4) is 17.1 Å². The number of halogens is 1. The van der Waals surface area contributed by atoms with E-state index in [1.807, 2.05) is 26.8 Å². The standard InChI is InChI=1S/C21H22FN9O/c1-4-29(21(32)19-18(10-5-14(2)25-19)31-23-11-12-24-31)15(3)13-30-27-20(26-28-30)16-6-8-17(22)9-7-16/h5-12,15H,4,13H2,1-3H3/t15-/m0/s1. The summed E-state index contributed by atoms with van der Waals surface area (Å²) >= 11 is 0. The lowest BCUT2D eigenvalue weighted by Gasteiger charge is -2.27. The molecule has 1 aromatic carbocycles. The Bertz CT molecular complexity index is 1200. The van der Waals surface area contributed by atoms with E-state index in [1.54, 1.807) is 35.5 Å². The molecular formula is C21H22FN9O. The summed E-state index contributed by atoms with van der Waals surface area (Å²) in [6.07, 6.45) is 3.09. The first-order chi connectivity index (χ1) is 15.5. The molecule has 4 aromatic rings. The van der Waals surface area contributed by atoms with Crippen LogP contribution in [-0.2, 0) is 6.54 Å². The maximum absolute atomic E-state index is 13.4. The van der Waals surface area contributed by atoms with E-state index in [0.29, 0.717) is 30.2 Å². The maximum atomic E-state index is 13.4. The van der Waals surface area contributed by atoms with Crippen LogP contribution in [0, 0.1) is 12.7 Å². The van der Waals surface area contributed by atoms with E-state index < -0.39 is 0 Å². The van der Waals surface area contributed by atoms with E-state index in [2.05, 4.69) is 30.6 Å². The number of hydrogen-bond acceptors (Lipinski definition) is 7. The Morgan fingerprint density at radius 2 is 1.84 bits per heavy atom. The lowest BCUT2D eigenvalue weighted by atomic mass is 10.2. The highest BCUT2D eigenvalue weighted by Gasteiger charge is 2.26. The number of aromatic nitrogens is 8. The molecule has 0 aliphatic carbocycles. The highest BCUT2D eigenvalue weighted by atomic mass is 19.1. The van der Waals surface area contributed by atoms with Crippen LogP contribution in [0.5, 0.6) is 0 Å². The summed E-state index contributed by atoms with van der Waals surface area (Å²) in [6, 6.07) is 9.22. The quantitative estimate of drug-likeness (QED) is 0.438. The molecule has 10 nitrogen and oxygen atoms in total. The van der Waals surface area contributed by atoms with Crippen molar-refractivity contribution < 1.29 is 9.18 Å². The van der Waals surface area contributed by atoms with Crippen LogP contribution in [0.3, 0.4) is 0 Å². The molecule has 0 bridgehead atoms. The fourth-order valence-electron chi connectivity index (χ4n) is 3.37. The Hall–Kier alpha value is -4.02. The largest absolute Gasteiger partial charge is 0.333 e. The monoisotopic (exact) mass is 435 g/mol. The number of amides is 1. The molecule has 4 rings (SSSR count). The Morgan fingerprint density at radius 1 is 1.12 bits per heavy atom. The minimum atomic E-state index is -0.332. The van der Waals surface area contributed by atoms with Gasteiger partial charge in [-0.2, -0.15) is 15.0 Å². The lowest BCUT2D eigenvalue weighted by molar-refractivity contribution is 0.0674. The number of carbonyl (C=O) groups excluding carboxylic acids is 1.